The summed E-state index contributed by atoms with van der Waals surface area (Å²) < 4.78 is 5.26. The number of carbonyl (C=O) groups is 2. The molecule has 6 heteroatoms. The number of aryl methyl sites for hydroxylation is 1. The molecular formula is C14H12N2O3S. The molecule has 0 bridgehead atoms. The molecule has 2 N–H and O–H groups in total. The zero-order chi connectivity index (χ0) is 14.1. The molecule has 0 radical (unpaired) electrons. The molecule has 0 atom stereocenters. The van der Waals surface area contributed by atoms with Gasteiger partial charge in [-0.1, -0.05) is 0 Å². The lowest BCUT2D eigenvalue weighted by molar-refractivity contribution is -0.118. The van der Waals surface area contributed by atoms with Crippen LogP contribution in [0.25, 0.3) is 0 Å². The third-order valence-corrected chi connectivity index (χ3v) is 3.95. The van der Waals surface area contributed by atoms with E-state index in [4.69, 9.17) is 4.74 Å². The Morgan fingerprint density at radius 2 is 2.25 bits per heavy atom. The number of amides is 2. The zero-order valence-electron chi connectivity index (χ0n) is 10.7. The first-order valence-electron chi connectivity index (χ1n) is 6.05. The summed E-state index contributed by atoms with van der Waals surface area (Å²) in [7, 11) is 0. The zero-order valence-corrected chi connectivity index (χ0v) is 11.5. The van der Waals surface area contributed by atoms with Crippen LogP contribution in [0.1, 0.15) is 15.2 Å². The first kappa shape index (κ1) is 12.7. The van der Waals surface area contributed by atoms with Crippen LogP contribution in [0.2, 0.25) is 0 Å². The SMILES string of the molecule is Cc1ccsc1C(=O)Nc1ccc2c(c1)NC(=O)CO2. The monoisotopic (exact) mass is 288 g/mol. The van der Waals surface area contributed by atoms with Gasteiger partial charge < -0.3 is 15.4 Å². The summed E-state index contributed by atoms with van der Waals surface area (Å²) >= 11 is 1.40. The average molecular weight is 288 g/mol. The van der Waals surface area contributed by atoms with Crippen LogP contribution in [0, 0.1) is 6.92 Å². The fraction of sp³-hybridized carbons (Fsp3) is 0.143. The van der Waals surface area contributed by atoms with Crippen LogP contribution in [0.4, 0.5) is 11.4 Å². The highest BCUT2D eigenvalue weighted by Gasteiger charge is 2.17. The second kappa shape index (κ2) is 4.97. The molecule has 3 rings (SSSR count). The maximum Gasteiger partial charge on any atom is 0.265 e. The topological polar surface area (TPSA) is 67.4 Å². The highest BCUT2D eigenvalue weighted by Crippen LogP contribution is 2.30. The van der Waals surface area contributed by atoms with Crippen molar-refractivity contribution in [2.75, 3.05) is 17.2 Å². The molecule has 2 amide bonds. The largest absolute Gasteiger partial charge is 0.482 e. The van der Waals surface area contributed by atoms with E-state index in [0.29, 0.717) is 22.0 Å². The number of rotatable bonds is 2. The van der Waals surface area contributed by atoms with E-state index in [2.05, 4.69) is 10.6 Å². The van der Waals surface area contributed by atoms with Crippen molar-refractivity contribution in [2.24, 2.45) is 0 Å². The molecule has 20 heavy (non-hydrogen) atoms. The van der Waals surface area contributed by atoms with Crippen molar-refractivity contribution in [3.05, 3.63) is 40.1 Å². The van der Waals surface area contributed by atoms with Crippen LogP contribution >= 0.6 is 11.3 Å². The molecule has 1 aromatic carbocycles. The van der Waals surface area contributed by atoms with Gasteiger partial charge in [0.25, 0.3) is 11.8 Å². The Bertz CT molecular complexity index is 693. The molecule has 102 valence electrons. The van der Waals surface area contributed by atoms with Crippen LogP contribution < -0.4 is 15.4 Å². The van der Waals surface area contributed by atoms with E-state index < -0.39 is 0 Å². The third kappa shape index (κ3) is 2.37. The van der Waals surface area contributed by atoms with Crippen molar-refractivity contribution in [3.63, 3.8) is 0 Å². The van der Waals surface area contributed by atoms with Gasteiger partial charge in [0.1, 0.15) is 5.75 Å². The van der Waals surface area contributed by atoms with Crippen molar-refractivity contribution in [1.82, 2.24) is 0 Å². The van der Waals surface area contributed by atoms with Gasteiger partial charge in [0.15, 0.2) is 6.61 Å². The van der Waals surface area contributed by atoms with E-state index in [0.717, 1.165) is 5.56 Å². The number of thiophene rings is 1. The first-order valence-corrected chi connectivity index (χ1v) is 6.93. The highest BCUT2D eigenvalue weighted by atomic mass is 32.1. The Morgan fingerprint density at radius 1 is 1.40 bits per heavy atom. The molecule has 0 saturated carbocycles. The van der Waals surface area contributed by atoms with Gasteiger partial charge in [-0.25, -0.2) is 0 Å². The van der Waals surface area contributed by atoms with Gasteiger partial charge in [0.05, 0.1) is 10.6 Å². The molecule has 1 aliphatic rings. The number of hydrogen-bond donors (Lipinski definition) is 2. The summed E-state index contributed by atoms with van der Waals surface area (Å²) in [4.78, 5) is 24.1. The van der Waals surface area contributed by atoms with E-state index in [1.165, 1.54) is 11.3 Å². The lowest BCUT2D eigenvalue weighted by atomic mass is 10.2. The molecule has 5 nitrogen and oxygen atoms in total. The smallest absolute Gasteiger partial charge is 0.265 e. The van der Waals surface area contributed by atoms with Crippen LogP contribution in [-0.2, 0) is 4.79 Å². The maximum absolute atomic E-state index is 12.1. The Labute approximate surface area is 119 Å². The lowest BCUT2D eigenvalue weighted by Gasteiger charge is -2.18. The number of ether oxygens (including phenoxy) is 1. The number of hydrogen-bond acceptors (Lipinski definition) is 4. The van der Waals surface area contributed by atoms with Crippen molar-refractivity contribution in [2.45, 2.75) is 6.92 Å². The van der Waals surface area contributed by atoms with Gasteiger partial charge >= 0.3 is 0 Å². The average Bonchev–Trinajstić information content (AvgIpc) is 2.84. The van der Waals surface area contributed by atoms with Crippen molar-refractivity contribution >= 4 is 34.5 Å². The molecule has 2 heterocycles. The van der Waals surface area contributed by atoms with Gasteiger partial charge in [0, 0.05) is 5.69 Å². The fourth-order valence-electron chi connectivity index (χ4n) is 1.95. The van der Waals surface area contributed by atoms with Crippen molar-refractivity contribution in [3.8, 4) is 5.75 Å². The number of fused-ring (bicyclic) bond motifs is 1. The Hall–Kier alpha value is -2.34. The molecule has 0 unspecified atom stereocenters. The van der Waals surface area contributed by atoms with E-state index >= 15 is 0 Å². The fourth-order valence-corrected chi connectivity index (χ4v) is 2.77. The molecule has 0 fully saturated rings. The quantitative estimate of drug-likeness (QED) is 0.892. The second-order valence-electron chi connectivity index (χ2n) is 4.43. The van der Waals surface area contributed by atoms with Gasteiger partial charge in [-0.15, -0.1) is 11.3 Å². The summed E-state index contributed by atoms with van der Waals surface area (Å²) in [6.45, 7) is 1.92. The van der Waals surface area contributed by atoms with Gasteiger partial charge in [-0.05, 0) is 42.1 Å². The molecular weight excluding hydrogens is 276 g/mol. The lowest BCUT2D eigenvalue weighted by Crippen LogP contribution is -2.25. The predicted molar refractivity (Wildman–Crippen MR) is 77.6 cm³/mol. The third-order valence-electron chi connectivity index (χ3n) is 2.94. The minimum absolute atomic E-state index is 0.0209. The van der Waals surface area contributed by atoms with Crippen LogP contribution in [0.5, 0.6) is 5.75 Å². The first-order chi connectivity index (χ1) is 9.63. The van der Waals surface area contributed by atoms with E-state index in [1.807, 2.05) is 18.4 Å². The highest BCUT2D eigenvalue weighted by molar-refractivity contribution is 7.12. The van der Waals surface area contributed by atoms with Crippen molar-refractivity contribution in [1.29, 1.82) is 0 Å². The molecule has 0 saturated heterocycles. The van der Waals surface area contributed by atoms with E-state index in [9.17, 15) is 9.59 Å². The van der Waals surface area contributed by atoms with Crippen LogP contribution in [-0.4, -0.2) is 18.4 Å². The van der Waals surface area contributed by atoms with Gasteiger partial charge in [-0.3, -0.25) is 9.59 Å². The standard InChI is InChI=1S/C14H12N2O3S/c1-8-4-5-20-13(8)14(18)15-9-2-3-11-10(6-9)16-12(17)7-19-11/h2-6H,7H2,1H3,(H,15,18)(H,16,17). The van der Waals surface area contributed by atoms with E-state index in [1.54, 1.807) is 18.2 Å². The number of benzene rings is 1. The maximum atomic E-state index is 12.1. The van der Waals surface area contributed by atoms with Gasteiger partial charge in [0.2, 0.25) is 0 Å². The van der Waals surface area contributed by atoms with Crippen LogP contribution in [0.15, 0.2) is 29.6 Å². The molecule has 0 spiro atoms. The van der Waals surface area contributed by atoms with Crippen LogP contribution in [0.3, 0.4) is 0 Å². The number of carbonyl (C=O) groups excluding carboxylic acids is 2. The minimum atomic E-state index is -0.199. The molecule has 0 aliphatic carbocycles. The molecule has 1 aromatic heterocycles. The Balaban J connectivity index is 1.82. The summed E-state index contributed by atoms with van der Waals surface area (Å²) in [5.74, 6) is 0.255. The normalized spacial score (nSPS) is 13.2. The summed E-state index contributed by atoms with van der Waals surface area (Å²) in [5, 5.41) is 7.40. The second-order valence-corrected chi connectivity index (χ2v) is 5.35. The Morgan fingerprint density at radius 3 is 3.00 bits per heavy atom. The van der Waals surface area contributed by atoms with Gasteiger partial charge in [-0.2, -0.15) is 0 Å². The molecule has 1 aliphatic heterocycles. The van der Waals surface area contributed by atoms with E-state index in [-0.39, 0.29) is 18.4 Å². The molecule has 2 aromatic rings. The predicted octanol–water partition coefficient (Wildman–Crippen LogP) is 2.64. The summed E-state index contributed by atoms with van der Waals surface area (Å²) in [6.07, 6.45) is 0. The Kier molecular flexibility index (Phi) is 3.15. The summed E-state index contributed by atoms with van der Waals surface area (Å²) in [6, 6.07) is 7.07. The number of anilines is 2. The van der Waals surface area contributed by atoms with Crippen molar-refractivity contribution < 1.29 is 14.3 Å². The summed E-state index contributed by atoms with van der Waals surface area (Å²) in [5.41, 5.74) is 2.14. The minimum Gasteiger partial charge on any atom is -0.482 e. The number of nitrogens with one attached hydrogen (secondary N) is 2.